The molecule has 0 spiro atoms. The lowest BCUT2D eigenvalue weighted by Crippen LogP contribution is -2.34. The fraction of sp³-hybridized carbons (Fsp3) is 0.194. The van der Waals surface area contributed by atoms with Crippen LogP contribution in [-0.4, -0.2) is 34.4 Å². The fourth-order valence-corrected chi connectivity index (χ4v) is 5.42. The van der Waals surface area contributed by atoms with Gasteiger partial charge in [-0.05, 0) is 54.4 Å². The summed E-state index contributed by atoms with van der Waals surface area (Å²) in [6.45, 7) is 4.02. The highest BCUT2D eigenvalue weighted by atomic mass is 16.5. The number of fused-ring (bicyclic) bond motifs is 2. The molecule has 0 fully saturated rings. The number of para-hydroxylation sites is 2. The molecule has 1 aliphatic rings. The Kier molecular flexibility index (Phi) is 8.42. The molecule has 1 N–H and O–H groups in total. The van der Waals surface area contributed by atoms with Gasteiger partial charge in [0.15, 0.2) is 6.10 Å². The van der Waals surface area contributed by atoms with Crippen molar-refractivity contribution in [2.75, 3.05) is 11.9 Å². The molecule has 0 saturated carbocycles. The summed E-state index contributed by atoms with van der Waals surface area (Å²) in [4.78, 5) is 34.3. The summed E-state index contributed by atoms with van der Waals surface area (Å²) in [7, 11) is 0. The molecule has 0 saturated heterocycles. The number of ether oxygens (including phenoxy) is 2. The quantitative estimate of drug-likeness (QED) is 0.189. The summed E-state index contributed by atoms with van der Waals surface area (Å²) >= 11 is 0. The van der Waals surface area contributed by atoms with Crippen molar-refractivity contribution in [3.63, 3.8) is 0 Å². The molecule has 1 unspecified atom stereocenters. The summed E-state index contributed by atoms with van der Waals surface area (Å²) < 4.78 is 11.8. The van der Waals surface area contributed by atoms with Crippen molar-refractivity contribution in [1.82, 2.24) is 9.88 Å². The number of amides is 1. The number of hydrogen-bond donors (Lipinski definition) is 1. The topological polar surface area (TPSA) is 80.8 Å². The van der Waals surface area contributed by atoms with Crippen LogP contribution in [0.1, 0.15) is 40.5 Å². The number of benzene rings is 4. The maximum absolute atomic E-state index is 13.9. The van der Waals surface area contributed by atoms with Gasteiger partial charge in [-0.15, -0.1) is 0 Å². The van der Waals surface area contributed by atoms with Gasteiger partial charge in [-0.25, -0.2) is 4.79 Å². The summed E-state index contributed by atoms with van der Waals surface area (Å²) in [6, 6.07) is 34.5. The van der Waals surface area contributed by atoms with E-state index in [1.807, 2.05) is 79.7 Å². The summed E-state index contributed by atoms with van der Waals surface area (Å²) in [5.74, 6) is 0.486. The zero-order valence-electron chi connectivity index (χ0n) is 24.0. The molecule has 43 heavy (non-hydrogen) atoms. The predicted molar refractivity (Wildman–Crippen MR) is 167 cm³/mol. The molecule has 7 heteroatoms. The Bertz CT molecular complexity index is 1720. The van der Waals surface area contributed by atoms with Crippen LogP contribution in [0.5, 0.6) is 11.5 Å². The standard InChI is InChI=1S/C36H33N3O4/c1-2-33(35(40)37-26-17-19-28(20-18-26)42-27-13-7-4-8-14-27)43-36(41)34-29-15-9-10-16-31(29)38-32-21-22-39(24-30(32)34)23-25-11-5-3-6-12-25/h3-20,33H,2,21-24H2,1H3,(H,37,40). The third-order valence-corrected chi connectivity index (χ3v) is 7.59. The van der Waals surface area contributed by atoms with Gasteiger partial charge >= 0.3 is 5.97 Å². The minimum Gasteiger partial charge on any atom is -0.457 e. The molecule has 1 amide bonds. The molecule has 0 aliphatic carbocycles. The van der Waals surface area contributed by atoms with Crippen molar-refractivity contribution in [1.29, 1.82) is 0 Å². The number of anilines is 1. The van der Waals surface area contributed by atoms with Crippen LogP contribution in [0, 0.1) is 0 Å². The summed E-state index contributed by atoms with van der Waals surface area (Å²) in [5.41, 5.74) is 4.82. The number of nitrogens with one attached hydrogen (secondary N) is 1. The molecular formula is C36H33N3O4. The first-order chi connectivity index (χ1) is 21.1. The number of hydrogen-bond acceptors (Lipinski definition) is 6. The van der Waals surface area contributed by atoms with Gasteiger partial charge in [0.2, 0.25) is 0 Å². The molecule has 4 aromatic carbocycles. The first-order valence-electron chi connectivity index (χ1n) is 14.6. The molecule has 5 aromatic rings. The largest absolute Gasteiger partial charge is 0.457 e. The molecule has 7 nitrogen and oxygen atoms in total. The van der Waals surface area contributed by atoms with E-state index in [0.29, 0.717) is 30.0 Å². The van der Waals surface area contributed by atoms with Gasteiger partial charge in [-0.3, -0.25) is 14.7 Å². The van der Waals surface area contributed by atoms with Crippen LogP contribution >= 0.6 is 0 Å². The zero-order valence-corrected chi connectivity index (χ0v) is 24.0. The van der Waals surface area contributed by atoms with E-state index in [1.165, 1.54) is 5.56 Å². The lowest BCUT2D eigenvalue weighted by Gasteiger charge is -2.30. The van der Waals surface area contributed by atoms with Crippen molar-refractivity contribution in [2.45, 2.75) is 39.0 Å². The number of pyridine rings is 1. The van der Waals surface area contributed by atoms with Crippen molar-refractivity contribution < 1.29 is 19.1 Å². The molecule has 6 rings (SSSR count). The van der Waals surface area contributed by atoms with E-state index in [4.69, 9.17) is 14.5 Å². The van der Waals surface area contributed by atoms with E-state index in [9.17, 15) is 9.59 Å². The van der Waals surface area contributed by atoms with E-state index < -0.39 is 12.1 Å². The smallest absolute Gasteiger partial charge is 0.340 e. The van der Waals surface area contributed by atoms with Crippen molar-refractivity contribution in [2.24, 2.45) is 0 Å². The van der Waals surface area contributed by atoms with Crippen molar-refractivity contribution >= 4 is 28.5 Å². The lowest BCUT2D eigenvalue weighted by molar-refractivity contribution is -0.124. The second-order valence-corrected chi connectivity index (χ2v) is 10.6. The van der Waals surface area contributed by atoms with Crippen LogP contribution in [0.2, 0.25) is 0 Å². The average Bonchev–Trinajstić information content (AvgIpc) is 3.04. The Morgan fingerprint density at radius 3 is 2.28 bits per heavy atom. The molecule has 1 aromatic heterocycles. The predicted octanol–water partition coefficient (Wildman–Crippen LogP) is 7.16. The normalized spacial score (nSPS) is 13.6. The van der Waals surface area contributed by atoms with Gasteiger partial charge in [-0.2, -0.15) is 0 Å². The molecule has 2 heterocycles. The van der Waals surface area contributed by atoms with E-state index >= 15 is 0 Å². The van der Waals surface area contributed by atoms with Gasteiger partial charge in [0, 0.05) is 48.4 Å². The van der Waals surface area contributed by atoms with Crippen molar-refractivity contribution in [3.05, 3.63) is 132 Å². The number of esters is 1. The fourth-order valence-electron chi connectivity index (χ4n) is 5.42. The Morgan fingerprint density at radius 1 is 0.860 bits per heavy atom. The second kappa shape index (κ2) is 12.9. The Labute approximate surface area is 251 Å². The Hall–Kier alpha value is -5.01. The van der Waals surface area contributed by atoms with Crippen LogP contribution < -0.4 is 10.1 Å². The highest BCUT2D eigenvalue weighted by Gasteiger charge is 2.29. The van der Waals surface area contributed by atoms with Gasteiger partial charge in [0.25, 0.3) is 5.91 Å². The van der Waals surface area contributed by atoms with Crippen LogP contribution in [0.15, 0.2) is 109 Å². The van der Waals surface area contributed by atoms with Gasteiger partial charge < -0.3 is 14.8 Å². The third-order valence-electron chi connectivity index (χ3n) is 7.59. The number of nitrogens with zero attached hydrogens (tertiary/aromatic N) is 2. The van der Waals surface area contributed by atoms with Crippen LogP contribution in [-0.2, 0) is 29.0 Å². The molecule has 1 aliphatic heterocycles. The highest BCUT2D eigenvalue weighted by molar-refractivity contribution is 6.06. The third kappa shape index (κ3) is 6.58. The summed E-state index contributed by atoms with van der Waals surface area (Å²) in [5, 5.41) is 3.62. The number of rotatable bonds is 9. The Balaban J connectivity index is 1.19. The van der Waals surface area contributed by atoms with E-state index in [0.717, 1.165) is 47.4 Å². The molecule has 1 atom stereocenters. The van der Waals surface area contributed by atoms with Crippen LogP contribution in [0.3, 0.4) is 0 Å². The van der Waals surface area contributed by atoms with Crippen LogP contribution in [0.25, 0.3) is 10.9 Å². The minimum absolute atomic E-state index is 0.331. The van der Waals surface area contributed by atoms with E-state index in [2.05, 4.69) is 22.3 Å². The second-order valence-electron chi connectivity index (χ2n) is 10.6. The van der Waals surface area contributed by atoms with Gasteiger partial charge in [0.1, 0.15) is 11.5 Å². The zero-order chi connectivity index (χ0) is 29.6. The number of aromatic nitrogens is 1. The maximum atomic E-state index is 13.9. The molecule has 216 valence electrons. The maximum Gasteiger partial charge on any atom is 0.340 e. The van der Waals surface area contributed by atoms with Gasteiger partial charge in [-0.1, -0.05) is 73.7 Å². The first-order valence-corrected chi connectivity index (χ1v) is 14.6. The molecule has 0 bridgehead atoms. The van der Waals surface area contributed by atoms with Crippen LogP contribution in [0.4, 0.5) is 5.69 Å². The molecular weight excluding hydrogens is 538 g/mol. The SMILES string of the molecule is CCC(OC(=O)c1c2c(nc3ccccc13)CCN(Cc1ccccc1)C2)C(=O)Nc1ccc(Oc2ccccc2)cc1. The Morgan fingerprint density at radius 2 is 1.53 bits per heavy atom. The highest BCUT2D eigenvalue weighted by Crippen LogP contribution is 2.30. The number of carbonyl (C=O) groups is 2. The first kappa shape index (κ1) is 28.1. The van der Waals surface area contributed by atoms with Gasteiger partial charge in [0.05, 0.1) is 11.1 Å². The number of carbonyl (C=O) groups excluding carboxylic acids is 2. The minimum atomic E-state index is -0.959. The average molecular weight is 572 g/mol. The molecule has 0 radical (unpaired) electrons. The monoisotopic (exact) mass is 571 g/mol. The van der Waals surface area contributed by atoms with E-state index in [-0.39, 0.29) is 5.91 Å². The van der Waals surface area contributed by atoms with Crippen molar-refractivity contribution in [3.8, 4) is 11.5 Å². The lowest BCUT2D eigenvalue weighted by atomic mass is 9.95. The summed E-state index contributed by atoms with van der Waals surface area (Å²) in [6.07, 6.45) is 0.104. The van der Waals surface area contributed by atoms with E-state index in [1.54, 1.807) is 24.3 Å².